The van der Waals surface area contributed by atoms with E-state index in [0.29, 0.717) is 11.8 Å². The molecule has 7 heteroatoms. The summed E-state index contributed by atoms with van der Waals surface area (Å²) < 4.78 is 32.5. The number of rotatable bonds is 3. The van der Waals surface area contributed by atoms with Gasteiger partial charge in [-0.25, -0.2) is 13.5 Å². The number of carbonyl (C=O) groups is 1. The summed E-state index contributed by atoms with van der Waals surface area (Å²) in [5.74, 6) is -2.11. The molecule has 1 N–H and O–H groups in total. The zero-order valence-electron chi connectivity index (χ0n) is 12.4. The van der Waals surface area contributed by atoms with Gasteiger partial charge in [-0.05, 0) is 32.9 Å². The molecular weight excluding hydrogens is 294 g/mol. The van der Waals surface area contributed by atoms with E-state index < -0.39 is 28.8 Å². The number of hydrogen-bond acceptors (Lipinski definition) is 3. The van der Waals surface area contributed by atoms with E-state index in [1.807, 2.05) is 0 Å². The molecule has 0 aliphatic carbocycles. The summed E-state index contributed by atoms with van der Waals surface area (Å²) in [5, 5.41) is 2.64. The molecule has 1 aromatic heterocycles. The molecule has 0 saturated carbocycles. The number of H-pyrrole nitrogens is 1. The quantitative estimate of drug-likeness (QED) is 0.885. The van der Waals surface area contributed by atoms with Gasteiger partial charge in [-0.1, -0.05) is 0 Å². The summed E-state index contributed by atoms with van der Waals surface area (Å²) >= 11 is 0. The molecule has 2 rings (SSSR count). The molecule has 5 nitrogen and oxygen atoms in total. The van der Waals surface area contributed by atoms with Crippen LogP contribution in [0, 0.1) is 11.6 Å². The second-order valence-electron chi connectivity index (χ2n) is 5.85. The standard InChI is InChI=1S/C15H16F2N2O3/c1-15(2,3)22-14(21)8-11-7-13(20)19(18-11)12-5-9(16)4-10(17)6-12/h4-7,18H,8H2,1-3H3. The van der Waals surface area contributed by atoms with Gasteiger partial charge in [-0.15, -0.1) is 0 Å². The first-order chi connectivity index (χ1) is 10.1. The van der Waals surface area contributed by atoms with Crippen LogP contribution in [0.5, 0.6) is 0 Å². The van der Waals surface area contributed by atoms with Crippen molar-refractivity contribution in [3.05, 3.63) is 51.9 Å². The van der Waals surface area contributed by atoms with Gasteiger partial charge in [0.05, 0.1) is 12.1 Å². The summed E-state index contributed by atoms with van der Waals surface area (Å²) in [7, 11) is 0. The van der Waals surface area contributed by atoms with Gasteiger partial charge in [0.15, 0.2) is 0 Å². The minimum absolute atomic E-state index is 0.0120. The van der Waals surface area contributed by atoms with Crippen molar-refractivity contribution in [1.82, 2.24) is 9.78 Å². The number of nitrogens with zero attached hydrogens (tertiary/aromatic N) is 1. The van der Waals surface area contributed by atoms with E-state index in [4.69, 9.17) is 4.74 Å². The average molecular weight is 310 g/mol. The van der Waals surface area contributed by atoms with Crippen LogP contribution >= 0.6 is 0 Å². The molecule has 0 saturated heterocycles. The first-order valence-corrected chi connectivity index (χ1v) is 6.63. The first-order valence-electron chi connectivity index (χ1n) is 6.63. The van der Waals surface area contributed by atoms with Crippen LogP contribution in [0.15, 0.2) is 29.1 Å². The number of ether oxygens (including phenoxy) is 1. The largest absolute Gasteiger partial charge is 0.460 e. The molecule has 0 spiro atoms. The number of esters is 1. The molecule has 0 unspecified atom stereocenters. The fraction of sp³-hybridized carbons (Fsp3) is 0.333. The molecular formula is C15H16F2N2O3. The van der Waals surface area contributed by atoms with Crippen molar-refractivity contribution < 1.29 is 18.3 Å². The van der Waals surface area contributed by atoms with Gasteiger partial charge in [-0.3, -0.25) is 14.7 Å². The predicted molar refractivity (Wildman–Crippen MR) is 75.9 cm³/mol. The molecule has 0 aliphatic heterocycles. The third-order valence-corrected chi connectivity index (χ3v) is 2.63. The SMILES string of the molecule is CC(C)(C)OC(=O)Cc1cc(=O)n(-c2cc(F)cc(F)c2)[nH]1. The topological polar surface area (TPSA) is 64.1 Å². The molecule has 0 bridgehead atoms. The van der Waals surface area contributed by atoms with Crippen LogP contribution in [0.25, 0.3) is 5.69 Å². The van der Waals surface area contributed by atoms with Gasteiger partial charge >= 0.3 is 5.97 Å². The van der Waals surface area contributed by atoms with Crippen LogP contribution in [-0.2, 0) is 16.0 Å². The van der Waals surface area contributed by atoms with Crippen LogP contribution in [0.2, 0.25) is 0 Å². The highest BCUT2D eigenvalue weighted by Gasteiger charge is 2.18. The van der Waals surface area contributed by atoms with Gasteiger partial charge in [0.2, 0.25) is 0 Å². The number of halogens is 2. The summed E-state index contributed by atoms with van der Waals surface area (Å²) in [5.41, 5.74) is -0.851. The Labute approximate surface area is 125 Å². The van der Waals surface area contributed by atoms with Crippen molar-refractivity contribution in [2.24, 2.45) is 0 Å². The highest BCUT2D eigenvalue weighted by molar-refractivity contribution is 5.72. The molecule has 0 fully saturated rings. The molecule has 0 aliphatic rings. The van der Waals surface area contributed by atoms with Gasteiger partial charge in [0.1, 0.15) is 17.2 Å². The van der Waals surface area contributed by atoms with Crippen LogP contribution in [0.3, 0.4) is 0 Å². The van der Waals surface area contributed by atoms with E-state index in [2.05, 4.69) is 5.10 Å². The number of carbonyl (C=O) groups excluding carboxylic acids is 1. The van der Waals surface area contributed by atoms with Gasteiger partial charge in [-0.2, -0.15) is 0 Å². The number of aromatic amines is 1. The van der Waals surface area contributed by atoms with E-state index in [1.54, 1.807) is 20.8 Å². The Kier molecular flexibility index (Phi) is 4.16. The van der Waals surface area contributed by atoms with Crippen LogP contribution in [0.1, 0.15) is 26.5 Å². The summed E-state index contributed by atoms with van der Waals surface area (Å²) in [6.07, 6.45) is -0.142. The van der Waals surface area contributed by atoms with Crippen molar-refractivity contribution in [2.45, 2.75) is 32.8 Å². The maximum atomic E-state index is 13.2. The zero-order chi connectivity index (χ0) is 16.5. The number of benzene rings is 1. The molecule has 2 aromatic rings. The minimum Gasteiger partial charge on any atom is -0.460 e. The molecule has 0 atom stereocenters. The summed E-state index contributed by atoms with van der Waals surface area (Å²) in [6.45, 7) is 5.19. The lowest BCUT2D eigenvalue weighted by molar-refractivity contribution is -0.154. The Morgan fingerprint density at radius 2 is 1.77 bits per heavy atom. The third-order valence-electron chi connectivity index (χ3n) is 2.63. The highest BCUT2D eigenvalue weighted by Crippen LogP contribution is 2.12. The predicted octanol–water partition coefficient (Wildman–Crippen LogP) is 2.33. The zero-order valence-corrected chi connectivity index (χ0v) is 12.4. The smallest absolute Gasteiger partial charge is 0.312 e. The third kappa shape index (κ3) is 4.03. The lowest BCUT2D eigenvalue weighted by atomic mass is 10.2. The molecule has 1 aromatic carbocycles. The Bertz CT molecular complexity index is 737. The van der Waals surface area contributed by atoms with Crippen molar-refractivity contribution >= 4 is 5.97 Å². The van der Waals surface area contributed by atoms with Gasteiger partial charge in [0.25, 0.3) is 5.56 Å². The van der Waals surface area contributed by atoms with Gasteiger partial charge in [0, 0.05) is 17.8 Å². The molecule has 0 amide bonds. The molecule has 118 valence electrons. The van der Waals surface area contributed by atoms with Crippen LogP contribution in [0.4, 0.5) is 8.78 Å². The maximum Gasteiger partial charge on any atom is 0.312 e. The van der Waals surface area contributed by atoms with E-state index in [9.17, 15) is 18.4 Å². The Balaban J connectivity index is 2.25. The van der Waals surface area contributed by atoms with Crippen molar-refractivity contribution in [1.29, 1.82) is 0 Å². The summed E-state index contributed by atoms with van der Waals surface area (Å²) in [6, 6.07) is 3.92. The second kappa shape index (κ2) is 5.75. The van der Waals surface area contributed by atoms with E-state index in [1.165, 1.54) is 6.07 Å². The maximum absolute atomic E-state index is 13.2. The number of hydrogen-bond donors (Lipinski definition) is 1. The van der Waals surface area contributed by atoms with E-state index in [-0.39, 0.29) is 12.1 Å². The average Bonchev–Trinajstić information content (AvgIpc) is 2.66. The highest BCUT2D eigenvalue weighted by atomic mass is 19.1. The van der Waals surface area contributed by atoms with E-state index >= 15 is 0 Å². The molecule has 0 radical (unpaired) electrons. The van der Waals surface area contributed by atoms with Crippen molar-refractivity contribution in [3.8, 4) is 5.69 Å². The second-order valence-corrected chi connectivity index (χ2v) is 5.85. The van der Waals surface area contributed by atoms with Gasteiger partial charge < -0.3 is 4.74 Å². The molecule has 1 heterocycles. The minimum atomic E-state index is -0.801. The lowest BCUT2D eigenvalue weighted by Crippen LogP contribution is -2.25. The number of nitrogens with one attached hydrogen (secondary N) is 1. The first kappa shape index (κ1) is 15.9. The lowest BCUT2D eigenvalue weighted by Gasteiger charge is -2.19. The molecule has 22 heavy (non-hydrogen) atoms. The Morgan fingerprint density at radius 1 is 1.18 bits per heavy atom. The number of aromatic nitrogens is 2. The summed E-state index contributed by atoms with van der Waals surface area (Å²) in [4.78, 5) is 23.6. The fourth-order valence-electron chi connectivity index (χ4n) is 1.93. The van der Waals surface area contributed by atoms with Crippen LogP contribution in [-0.4, -0.2) is 21.4 Å². The van der Waals surface area contributed by atoms with Crippen molar-refractivity contribution in [2.75, 3.05) is 0 Å². The van der Waals surface area contributed by atoms with E-state index in [0.717, 1.165) is 16.8 Å². The van der Waals surface area contributed by atoms with Crippen LogP contribution < -0.4 is 5.56 Å². The fourth-order valence-corrected chi connectivity index (χ4v) is 1.93. The Morgan fingerprint density at radius 3 is 2.32 bits per heavy atom. The van der Waals surface area contributed by atoms with Crippen molar-refractivity contribution in [3.63, 3.8) is 0 Å². The normalized spacial score (nSPS) is 11.5. The monoisotopic (exact) mass is 310 g/mol. The Hall–Kier alpha value is -2.44.